The molecule has 0 bridgehead atoms. The number of furan rings is 1. The van der Waals surface area contributed by atoms with Gasteiger partial charge in [0.1, 0.15) is 11.2 Å². The van der Waals surface area contributed by atoms with Crippen LogP contribution in [0.2, 0.25) is 0 Å². The minimum absolute atomic E-state index is 0.587. The number of hydrogen-bond acceptors (Lipinski definition) is 7. The van der Waals surface area contributed by atoms with Gasteiger partial charge in [-0.05, 0) is 42.5 Å². The number of para-hydroxylation sites is 1. The Morgan fingerprint density at radius 1 is 0.339 bits per heavy atom. The summed E-state index contributed by atoms with van der Waals surface area (Å²) in [4.78, 5) is 25.4. The number of hydrogen-bond donors (Lipinski definition) is 0. The van der Waals surface area contributed by atoms with Crippen molar-refractivity contribution in [2.45, 2.75) is 0 Å². The molecule has 11 rings (SSSR count). The van der Waals surface area contributed by atoms with Crippen LogP contribution < -0.4 is 0 Å². The Morgan fingerprint density at radius 2 is 0.911 bits per heavy atom. The lowest BCUT2D eigenvalue weighted by molar-refractivity contribution is 0.669. The number of benzene rings is 7. The molecule has 0 N–H and O–H groups in total. The molecule has 0 aliphatic carbocycles. The zero-order chi connectivity index (χ0) is 37.0. The minimum Gasteiger partial charge on any atom is -0.456 e. The van der Waals surface area contributed by atoms with Crippen molar-refractivity contribution in [3.05, 3.63) is 176 Å². The Kier molecular flexibility index (Phi) is 7.57. The van der Waals surface area contributed by atoms with Crippen LogP contribution in [0.5, 0.6) is 0 Å². The Balaban J connectivity index is 1.06. The van der Waals surface area contributed by atoms with Crippen molar-refractivity contribution in [3.8, 4) is 68.1 Å². The van der Waals surface area contributed by atoms with Crippen LogP contribution in [0.15, 0.2) is 180 Å². The van der Waals surface area contributed by atoms with E-state index < -0.39 is 0 Å². The van der Waals surface area contributed by atoms with Crippen LogP contribution in [0.4, 0.5) is 0 Å². The Morgan fingerprint density at radius 3 is 1.66 bits per heavy atom. The first-order valence-electron chi connectivity index (χ1n) is 18.4. The molecule has 0 fully saturated rings. The summed E-state index contributed by atoms with van der Waals surface area (Å²) >= 11 is 1.75. The second-order valence-corrected chi connectivity index (χ2v) is 14.7. The van der Waals surface area contributed by atoms with Gasteiger partial charge in [-0.2, -0.15) is 0 Å². The summed E-state index contributed by atoms with van der Waals surface area (Å²) in [6.07, 6.45) is 0. The molecule has 0 saturated carbocycles. The first kappa shape index (κ1) is 32.1. The molecular formula is C49H29N5OS. The van der Waals surface area contributed by atoms with Gasteiger partial charge in [0.2, 0.25) is 0 Å². The SMILES string of the molecule is c1ccc(-c2cc(-c3ccc4sc5c(-c6nc(-c7ccccc7)nc(-c7ccc8c(c7)oc7ccccc78)n6)cccc5c4c3)nc(-c3ccccc3)n2)cc1. The highest BCUT2D eigenvalue weighted by Gasteiger charge is 2.19. The van der Waals surface area contributed by atoms with Gasteiger partial charge in [0.25, 0.3) is 0 Å². The van der Waals surface area contributed by atoms with E-state index in [1.165, 1.54) is 4.70 Å². The van der Waals surface area contributed by atoms with E-state index in [1.807, 2.05) is 91.0 Å². The van der Waals surface area contributed by atoms with Gasteiger partial charge in [0, 0.05) is 64.3 Å². The van der Waals surface area contributed by atoms with Crippen molar-refractivity contribution >= 4 is 53.4 Å². The molecule has 7 heteroatoms. The van der Waals surface area contributed by atoms with Crippen LogP contribution in [0.25, 0.3) is 110 Å². The van der Waals surface area contributed by atoms with E-state index in [9.17, 15) is 0 Å². The molecule has 0 radical (unpaired) electrons. The molecule has 0 aliphatic rings. The number of thiophene rings is 1. The van der Waals surface area contributed by atoms with Crippen LogP contribution in [0.1, 0.15) is 0 Å². The molecule has 0 amide bonds. The highest BCUT2D eigenvalue weighted by Crippen LogP contribution is 2.42. The van der Waals surface area contributed by atoms with Crippen LogP contribution >= 0.6 is 11.3 Å². The number of rotatable bonds is 6. The molecule has 0 saturated heterocycles. The zero-order valence-corrected chi connectivity index (χ0v) is 30.6. The van der Waals surface area contributed by atoms with Crippen molar-refractivity contribution in [1.82, 2.24) is 24.9 Å². The normalized spacial score (nSPS) is 11.6. The molecule has 6 nitrogen and oxygen atoms in total. The molecule has 7 aromatic carbocycles. The number of nitrogens with zero attached hydrogens (tertiary/aromatic N) is 5. The van der Waals surface area contributed by atoms with E-state index in [0.29, 0.717) is 23.3 Å². The first-order chi connectivity index (χ1) is 27.7. The lowest BCUT2D eigenvalue weighted by Crippen LogP contribution is -2.00. The van der Waals surface area contributed by atoms with Gasteiger partial charge >= 0.3 is 0 Å². The predicted molar refractivity (Wildman–Crippen MR) is 228 cm³/mol. The van der Waals surface area contributed by atoms with E-state index in [-0.39, 0.29) is 0 Å². The number of aromatic nitrogens is 5. The third-order valence-electron chi connectivity index (χ3n) is 10.2. The lowest BCUT2D eigenvalue weighted by atomic mass is 10.0. The van der Waals surface area contributed by atoms with E-state index in [2.05, 4.69) is 84.9 Å². The topological polar surface area (TPSA) is 77.6 Å². The molecule has 4 heterocycles. The van der Waals surface area contributed by atoms with Crippen LogP contribution in [-0.2, 0) is 0 Å². The van der Waals surface area contributed by atoms with Crippen molar-refractivity contribution in [3.63, 3.8) is 0 Å². The molecule has 262 valence electrons. The summed E-state index contributed by atoms with van der Waals surface area (Å²) < 4.78 is 8.54. The maximum atomic E-state index is 6.26. The Labute approximate surface area is 325 Å². The van der Waals surface area contributed by atoms with E-state index in [0.717, 1.165) is 82.2 Å². The molecule has 0 aliphatic heterocycles. The Bertz CT molecular complexity index is 3190. The van der Waals surface area contributed by atoms with Gasteiger partial charge < -0.3 is 4.42 Å². The zero-order valence-electron chi connectivity index (χ0n) is 29.8. The summed E-state index contributed by atoms with van der Waals surface area (Å²) in [5, 5.41) is 4.43. The van der Waals surface area contributed by atoms with E-state index >= 15 is 0 Å². The van der Waals surface area contributed by atoms with Crippen molar-refractivity contribution in [2.75, 3.05) is 0 Å². The monoisotopic (exact) mass is 735 g/mol. The smallest absolute Gasteiger partial charge is 0.165 e. The summed E-state index contributed by atoms with van der Waals surface area (Å²) in [7, 11) is 0. The van der Waals surface area contributed by atoms with E-state index in [4.69, 9.17) is 29.3 Å². The minimum atomic E-state index is 0.587. The second kappa shape index (κ2) is 13.2. The molecule has 56 heavy (non-hydrogen) atoms. The molecule has 0 spiro atoms. The van der Waals surface area contributed by atoms with Gasteiger partial charge in [-0.3, -0.25) is 0 Å². The molecule has 4 aromatic heterocycles. The first-order valence-corrected chi connectivity index (χ1v) is 19.2. The third kappa shape index (κ3) is 5.61. The van der Waals surface area contributed by atoms with Crippen molar-refractivity contribution in [2.24, 2.45) is 0 Å². The fraction of sp³-hybridized carbons (Fsp3) is 0. The molecule has 0 atom stereocenters. The summed E-state index contributed by atoms with van der Waals surface area (Å²) in [5.74, 6) is 2.51. The fourth-order valence-corrected chi connectivity index (χ4v) is 8.60. The van der Waals surface area contributed by atoms with Crippen LogP contribution in [-0.4, -0.2) is 24.9 Å². The van der Waals surface area contributed by atoms with Crippen LogP contribution in [0.3, 0.4) is 0 Å². The highest BCUT2D eigenvalue weighted by atomic mass is 32.1. The van der Waals surface area contributed by atoms with Gasteiger partial charge in [-0.15, -0.1) is 11.3 Å². The maximum absolute atomic E-state index is 6.26. The van der Waals surface area contributed by atoms with Gasteiger partial charge in [0.05, 0.1) is 11.4 Å². The standard InChI is InChI=1S/C49H29N5OS/c1-4-13-30(14-5-1)40-29-41(51-46(50-40)31-15-6-2-7-16-31)33-24-26-44-39(27-33)37-20-12-21-38(45(37)56-44)49-53-47(32-17-8-3-9-18-32)52-48(54-49)34-23-25-36-35-19-10-11-22-42(35)55-43(36)28-34/h1-29H. The summed E-state index contributed by atoms with van der Waals surface area (Å²) in [6.45, 7) is 0. The Hall–Kier alpha value is -7.35. The summed E-state index contributed by atoms with van der Waals surface area (Å²) in [5.41, 5.74) is 9.18. The number of fused-ring (bicyclic) bond motifs is 6. The van der Waals surface area contributed by atoms with Gasteiger partial charge in [0.15, 0.2) is 23.3 Å². The average Bonchev–Trinajstić information content (AvgIpc) is 3.85. The summed E-state index contributed by atoms with van der Waals surface area (Å²) in [6, 6.07) is 59.9. The average molecular weight is 736 g/mol. The van der Waals surface area contributed by atoms with Gasteiger partial charge in [-0.1, -0.05) is 133 Å². The van der Waals surface area contributed by atoms with E-state index in [1.54, 1.807) is 11.3 Å². The second-order valence-electron chi connectivity index (χ2n) is 13.7. The van der Waals surface area contributed by atoms with Crippen molar-refractivity contribution in [1.29, 1.82) is 0 Å². The fourth-order valence-electron chi connectivity index (χ4n) is 7.41. The maximum Gasteiger partial charge on any atom is 0.165 e. The largest absolute Gasteiger partial charge is 0.456 e. The van der Waals surface area contributed by atoms with Gasteiger partial charge in [-0.25, -0.2) is 24.9 Å². The van der Waals surface area contributed by atoms with Crippen molar-refractivity contribution < 1.29 is 4.42 Å². The highest BCUT2D eigenvalue weighted by molar-refractivity contribution is 7.26. The predicted octanol–water partition coefficient (Wildman–Crippen LogP) is 12.9. The third-order valence-corrected chi connectivity index (χ3v) is 11.4. The van der Waals surface area contributed by atoms with Crippen LogP contribution in [0, 0.1) is 0 Å². The molecular weight excluding hydrogens is 707 g/mol. The molecule has 0 unspecified atom stereocenters. The molecule has 11 aromatic rings. The lowest BCUT2D eigenvalue weighted by Gasteiger charge is -2.10. The quantitative estimate of drug-likeness (QED) is 0.169.